The first-order valence-electron chi connectivity index (χ1n) is 10.6. The van der Waals surface area contributed by atoms with Gasteiger partial charge in [0.1, 0.15) is 5.75 Å². The van der Waals surface area contributed by atoms with Gasteiger partial charge in [-0.1, -0.05) is 43.0 Å². The number of benzene rings is 1. The lowest BCUT2D eigenvalue weighted by atomic mass is 9.88. The molecule has 1 aliphatic heterocycles. The molecule has 1 saturated carbocycles. The molecule has 2 aliphatic rings. The Balaban J connectivity index is 1.31. The molecule has 154 valence electrons. The summed E-state index contributed by atoms with van der Waals surface area (Å²) in [5.74, 6) is 1.25. The summed E-state index contributed by atoms with van der Waals surface area (Å²) in [6, 6.07) is 7.57. The predicted octanol–water partition coefficient (Wildman–Crippen LogP) is 4.19. The summed E-state index contributed by atoms with van der Waals surface area (Å²) in [6.07, 6.45) is 8.50. The number of ether oxygens (including phenoxy) is 1. The smallest absolute Gasteiger partial charge is 0.223 e. The fourth-order valence-electron chi connectivity index (χ4n) is 4.08. The minimum Gasteiger partial charge on any atom is -0.492 e. The molecule has 28 heavy (non-hydrogen) atoms. The average molecular weight is 407 g/mol. The molecule has 0 spiro atoms. The third-order valence-electron chi connectivity index (χ3n) is 5.80. The van der Waals surface area contributed by atoms with Crippen molar-refractivity contribution in [2.24, 2.45) is 5.92 Å². The summed E-state index contributed by atoms with van der Waals surface area (Å²) in [6.45, 7) is 1.92. The van der Waals surface area contributed by atoms with Gasteiger partial charge in [0.05, 0.1) is 11.6 Å². The monoisotopic (exact) mass is 406 g/mol. The summed E-state index contributed by atoms with van der Waals surface area (Å²) >= 11 is 6.06. The van der Waals surface area contributed by atoms with Crippen LogP contribution in [0.5, 0.6) is 5.75 Å². The largest absolute Gasteiger partial charge is 0.492 e. The number of carbonyl (C=O) groups excluding carboxylic acids is 2. The predicted molar refractivity (Wildman–Crippen MR) is 111 cm³/mol. The topological polar surface area (TPSA) is 58.6 Å². The quantitative estimate of drug-likeness (QED) is 0.691. The number of amides is 2. The first-order chi connectivity index (χ1) is 13.6. The number of hydrogen-bond donors (Lipinski definition) is 1. The van der Waals surface area contributed by atoms with Crippen LogP contribution in [0.2, 0.25) is 5.02 Å². The van der Waals surface area contributed by atoms with E-state index in [-0.39, 0.29) is 23.8 Å². The lowest BCUT2D eigenvalue weighted by molar-refractivity contribution is -0.132. The lowest BCUT2D eigenvalue weighted by Gasteiger charge is -2.33. The fourth-order valence-corrected chi connectivity index (χ4v) is 4.27. The summed E-state index contributed by atoms with van der Waals surface area (Å²) in [7, 11) is 0. The van der Waals surface area contributed by atoms with Gasteiger partial charge in [0.15, 0.2) is 0 Å². The number of carbonyl (C=O) groups is 2. The molecule has 3 rings (SSSR count). The summed E-state index contributed by atoms with van der Waals surface area (Å²) < 4.78 is 5.64. The molecule has 0 unspecified atom stereocenters. The highest BCUT2D eigenvalue weighted by Crippen LogP contribution is 2.25. The molecule has 0 atom stereocenters. The molecule has 1 heterocycles. The number of piperidine rings is 1. The number of nitrogens with zero attached hydrogens (tertiary/aromatic N) is 1. The number of hydrogen-bond acceptors (Lipinski definition) is 3. The van der Waals surface area contributed by atoms with E-state index in [1.54, 1.807) is 6.07 Å². The minimum absolute atomic E-state index is 0.166. The summed E-state index contributed by atoms with van der Waals surface area (Å²) in [5.41, 5.74) is 0. The second kappa shape index (κ2) is 10.7. The van der Waals surface area contributed by atoms with Crippen molar-refractivity contribution in [3.05, 3.63) is 29.3 Å². The Bertz CT molecular complexity index is 653. The Hall–Kier alpha value is -1.75. The maximum atomic E-state index is 12.4. The number of likely N-dealkylation sites (tertiary alicyclic amines) is 1. The first kappa shape index (κ1) is 21.0. The Kier molecular flexibility index (Phi) is 8.01. The second-order valence-electron chi connectivity index (χ2n) is 7.88. The van der Waals surface area contributed by atoms with Crippen LogP contribution in [0, 0.1) is 5.92 Å². The standard InChI is InChI=1S/C22H31ClN2O3/c23-19-9-4-5-10-20(19)28-16-6-11-21(26)25-14-12-18(13-15-25)24-22(27)17-7-2-1-3-8-17/h4-5,9-10,17-18H,1-3,6-8,11-16H2,(H,24,27). The highest BCUT2D eigenvalue weighted by Gasteiger charge is 2.27. The molecule has 1 N–H and O–H groups in total. The number of halogens is 1. The van der Waals surface area contributed by atoms with Crippen molar-refractivity contribution in [3.8, 4) is 5.75 Å². The second-order valence-corrected chi connectivity index (χ2v) is 8.29. The van der Waals surface area contributed by atoms with Crippen LogP contribution in [0.4, 0.5) is 0 Å². The van der Waals surface area contributed by atoms with Crippen molar-refractivity contribution >= 4 is 23.4 Å². The molecule has 1 saturated heterocycles. The zero-order valence-corrected chi connectivity index (χ0v) is 17.3. The maximum Gasteiger partial charge on any atom is 0.223 e. The molecule has 1 aromatic rings. The number of para-hydroxylation sites is 1. The van der Waals surface area contributed by atoms with E-state index in [1.807, 2.05) is 23.1 Å². The van der Waals surface area contributed by atoms with Gasteiger partial charge in [-0.05, 0) is 44.2 Å². The lowest BCUT2D eigenvalue weighted by Crippen LogP contribution is -2.48. The van der Waals surface area contributed by atoms with Crippen LogP contribution < -0.4 is 10.1 Å². The zero-order valence-electron chi connectivity index (χ0n) is 16.5. The number of rotatable bonds is 7. The molecule has 1 aromatic carbocycles. The molecular weight excluding hydrogens is 376 g/mol. The van der Waals surface area contributed by atoms with Gasteiger partial charge in [0.2, 0.25) is 11.8 Å². The molecule has 1 aliphatic carbocycles. The van der Waals surface area contributed by atoms with Crippen molar-refractivity contribution < 1.29 is 14.3 Å². The average Bonchev–Trinajstić information content (AvgIpc) is 2.73. The third-order valence-corrected chi connectivity index (χ3v) is 6.11. The van der Waals surface area contributed by atoms with Gasteiger partial charge in [-0.3, -0.25) is 9.59 Å². The first-order valence-corrected chi connectivity index (χ1v) is 11.0. The van der Waals surface area contributed by atoms with E-state index in [0.717, 1.165) is 38.8 Å². The molecule has 0 radical (unpaired) electrons. The van der Waals surface area contributed by atoms with Crippen LogP contribution in [-0.2, 0) is 9.59 Å². The van der Waals surface area contributed by atoms with Crippen LogP contribution in [0.25, 0.3) is 0 Å². The molecule has 6 heteroatoms. The highest BCUT2D eigenvalue weighted by molar-refractivity contribution is 6.32. The molecule has 5 nitrogen and oxygen atoms in total. The van der Waals surface area contributed by atoms with Crippen molar-refractivity contribution in [1.82, 2.24) is 10.2 Å². The van der Waals surface area contributed by atoms with E-state index >= 15 is 0 Å². The SMILES string of the molecule is O=C(NC1CCN(C(=O)CCCOc2ccccc2Cl)CC1)C1CCCCC1. The van der Waals surface area contributed by atoms with E-state index in [0.29, 0.717) is 30.2 Å². The van der Waals surface area contributed by atoms with E-state index in [9.17, 15) is 9.59 Å². The molecule has 2 amide bonds. The van der Waals surface area contributed by atoms with Gasteiger partial charge in [0.25, 0.3) is 0 Å². The Morgan fingerprint density at radius 1 is 1.07 bits per heavy atom. The van der Waals surface area contributed by atoms with Crippen LogP contribution >= 0.6 is 11.6 Å². The van der Waals surface area contributed by atoms with Crippen molar-refractivity contribution in [3.63, 3.8) is 0 Å². The minimum atomic E-state index is 0.166. The Labute approximate surface area is 172 Å². The van der Waals surface area contributed by atoms with Crippen LogP contribution in [0.3, 0.4) is 0 Å². The summed E-state index contributed by atoms with van der Waals surface area (Å²) in [4.78, 5) is 26.7. The van der Waals surface area contributed by atoms with Crippen molar-refractivity contribution in [2.75, 3.05) is 19.7 Å². The fraction of sp³-hybridized carbons (Fsp3) is 0.636. The van der Waals surface area contributed by atoms with E-state index in [4.69, 9.17) is 16.3 Å². The zero-order chi connectivity index (χ0) is 19.8. The van der Waals surface area contributed by atoms with Crippen LogP contribution in [0.15, 0.2) is 24.3 Å². The highest BCUT2D eigenvalue weighted by atomic mass is 35.5. The van der Waals surface area contributed by atoms with Gasteiger partial charge in [-0.25, -0.2) is 0 Å². The molecule has 0 aromatic heterocycles. The third kappa shape index (κ3) is 6.13. The van der Waals surface area contributed by atoms with E-state index in [2.05, 4.69) is 5.32 Å². The van der Waals surface area contributed by atoms with Gasteiger partial charge >= 0.3 is 0 Å². The van der Waals surface area contributed by atoms with E-state index in [1.165, 1.54) is 19.3 Å². The van der Waals surface area contributed by atoms with Gasteiger partial charge in [0, 0.05) is 31.5 Å². The van der Waals surface area contributed by atoms with Crippen LogP contribution in [-0.4, -0.2) is 42.5 Å². The van der Waals surface area contributed by atoms with Crippen LogP contribution in [0.1, 0.15) is 57.8 Å². The molecule has 0 bridgehead atoms. The van der Waals surface area contributed by atoms with Gasteiger partial charge < -0.3 is 15.0 Å². The molecule has 2 fully saturated rings. The Morgan fingerprint density at radius 3 is 2.50 bits per heavy atom. The van der Waals surface area contributed by atoms with Crippen molar-refractivity contribution in [1.29, 1.82) is 0 Å². The number of nitrogens with one attached hydrogen (secondary N) is 1. The normalized spacial score (nSPS) is 18.7. The molecular formula is C22H31ClN2O3. The summed E-state index contributed by atoms with van der Waals surface area (Å²) in [5, 5.41) is 3.80. The van der Waals surface area contributed by atoms with Gasteiger partial charge in [-0.2, -0.15) is 0 Å². The van der Waals surface area contributed by atoms with Gasteiger partial charge in [-0.15, -0.1) is 0 Å². The van der Waals surface area contributed by atoms with Crippen molar-refractivity contribution in [2.45, 2.75) is 63.8 Å². The Morgan fingerprint density at radius 2 is 1.79 bits per heavy atom. The maximum absolute atomic E-state index is 12.4. The van der Waals surface area contributed by atoms with E-state index < -0.39 is 0 Å².